The van der Waals surface area contributed by atoms with Crippen molar-refractivity contribution in [2.45, 2.75) is 50.6 Å². The highest BCUT2D eigenvalue weighted by molar-refractivity contribution is 5.82. The zero-order valence-electron chi connectivity index (χ0n) is 15.6. The average Bonchev–Trinajstić information content (AvgIpc) is 3.40. The van der Waals surface area contributed by atoms with Gasteiger partial charge in [-0.3, -0.25) is 9.69 Å². The zero-order valence-corrected chi connectivity index (χ0v) is 15.6. The summed E-state index contributed by atoms with van der Waals surface area (Å²) in [5.41, 5.74) is 1.65. The fraction of sp³-hybridized carbons (Fsp3) is 0.684. The Morgan fingerprint density at radius 3 is 2.74 bits per heavy atom. The Labute approximate surface area is 158 Å². The van der Waals surface area contributed by atoms with Gasteiger partial charge in [-0.15, -0.1) is 0 Å². The van der Waals surface area contributed by atoms with E-state index in [0.29, 0.717) is 12.1 Å². The second kappa shape index (κ2) is 7.07. The van der Waals surface area contributed by atoms with Gasteiger partial charge < -0.3 is 15.2 Å². The molecule has 144 valence electrons. The number of nitrogens with zero attached hydrogens (tertiary/aromatic N) is 5. The van der Waals surface area contributed by atoms with E-state index in [9.17, 15) is 4.79 Å². The second-order valence-electron chi connectivity index (χ2n) is 8.13. The number of rotatable bonds is 4. The molecule has 1 aliphatic carbocycles. The molecule has 3 fully saturated rings. The quantitative estimate of drug-likeness (QED) is 0.845. The number of nitrogens with one attached hydrogen (secondary N) is 2. The molecule has 4 heterocycles. The molecular weight excluding hydrogens is 342 g/mol. The van der Waals surface area contributed by atoms with E-state index in [1.54, 1.807) is 12.7 Å². The van der Waals surface area contributed by atoms with Crippen LogP contribution >= 0.6 is 0 Å². The number of amides is 1. The molecule has 1 saturated carbocycles. The first-order chi connectivity index (χ1) is 13.3. The molecule has 27 heavy (non-hydrogen) atoms. The molecule has 0 spiro atoms. The summed E-state index contributed by atoms with van der Waals surface area (Å²) in [5, 5.41) is 3.19. The van der Waals surface area contributed by atoms with Crippen molar-refractivity contribution in [3.8, 4) is 0 Å². The number of imidazole rings is 1. The first-order valence-corrected chi connectivity index (χ1v) is 10.2. The number of hydrogen-bond donors (Lipinski definition) is 2. The smallest absolute Gasteiger partial charge is 0.224 e. The molecule has 0 bridgehead atoms. The van der Waals surface area contributed by atoms with Gasteiger partial charge in [0.25, 0.3) is 0 Å². The molecule has 2 aromatic rings. The maximum Gasteiger partial charge on any atom is 0.224 e. The summed E-state index contributed by atoms with van der Waals surface area (Å²) in [6, 6.07) is 1.03. The van der Waals surface area contributed by atoms with E-state index >= 15 is 0 Å². The van der Waals surface area contributed by atoms with Crippen molar-refractivity contribution in [3.63, 3.8) is 0 Å². The largest absolute Gasteiger partial charge is 0.355 e. The number of piperidine rings is 2. The van der Waals surface area contributed by atoms with E-state index in [2.05, 4.69) is 35.1 Å². The van der Waals surface area contributed by atoms with Gasteiger partial charge in [-0.05, 0) is 45.1 Å². The fourth-order valence-corrected chi connectivity index (χ4v) is 4.53. The molecule has 1 unspecified atom stereocenters. The first-order valence-electron chi connectivity index (χ1n) is 10.2. The lowest BCUT2D eigenvalue weighted by Crippen LogP contribution is -2.51. The van der Waals surface area contributed by atoms with Crippen LogP contribution in [0.5, 0.6) is 0 Å². The van der Waals surface area contributed by atoms with Crippen LogP contribution in [0.3, 0.4) is 0 Å². The molecule has 8 heteroatoms. The van der Waals surface area contributed by atoms with E-state index in [1.165, 1.54) is 0 Å². The van der Waals surface area contributed by atoms with Gasteiger partial charge in [0, 0.05) is 31.7 Å². The minimum atomic E-state index is 0.170. The predicted molar refractivity (Wildman–Crippen MR) is 102 cm³/mol. The third-order valence-electron chi connectivity index (χ3n) is 6.23. The topological polar surface area (TPSA) is 90.0 Å². The third-order valence-corrected chi connectivity index (χ3v) is 6.23. The van der Waals surface area contributed by atoms with E-state index < -0.39 is 0 Å². The van der Waals surface area contributed by atoms with Crippen molar-refractivity contribution in [2.75, 3.05) is 31.1 Å². The summed E-state index contributed by atoms with van der Waals surface area (Å²) >= 11 is 0. The molecule has 3 aliphatic rings. The highest BCUT2D eigenvalue weighted by Crippen LogP contribution is 2.28. The summed E-state index contributed by atoms with van der Waals surface area (Å²) in [6.45, 7) is 3.99. The maximum atomic E-state index is 12.4. The minimum absolute atomic E-state index is 0.170. The van der Waals surface area contributed by atoms with Gasteiger partial charge in [-0.1, -0.05) is 0 Å². The Morgan fingerprint density at radius 1 is 1.07 bits per heavy atom. The van der Waals surface area contributed by atoms with Gasteiger partial charge in [0.2, 0.25) is 5.91 Å². The van der Waals surface area contributed by atoms with Crippen LogP contribution in [-0.2, 0) is 4.79 Å². The van der Waals surface area contributed by atoms with Gasteiger partial charge in [0.05, 0.1) is 12.2 Å². The lowest BCUT2D eigenvalue weighted by molar-refractivity contribution is -0.127. The number of carbonyl (C=O) groups excluding carboxylic acids is 1. The lowest BCUT2D eigenvalue weighted by atomic mass is 9.93. The lowest BCUT2D eigenvalue weighted by Gasteiger charge is -2.42. The highest BCUT2D eigenvalue weighted by Gasteiger charge is 2.34. The van der Waals surface area contributed by atoms with Crippen LogP contribution in [0.25, 0.3) is 11.2 Å². The number of H-pyrrole nitrogens is 1. The monoisotopic (exact) mass is 369 g/mol. The van der Waals surface area contributed by atoms with Gasteiger partial charge in [-0.25, -0.2) is 15.0 Å². The molecule has 2 aromatic heterocycles. The van der Waals surface area contributed by atoms with Crippen LogP contribution in [0.2, 0.25) is 0 Å². The number of anilines is 1. The Bertz CT molecular complexity index is 809. The Balaban J connectivity index is 1.20. The number of likely N-dealkylation sites (tertiary alicyclic amines) is 1. The van der Waals surface area contributed by atoms with Crippen molar-refractivity contribution in [1.29, 1.82) is 0 Å². The summed E-state index contributed by atoms with van der Waals surface area (Å²) in [4.78, 5) is 33.4. The van der Waals surface area contributed by atoms with E-state index in [1.807, 2.05) is 0 Å². The molecule has 2 aliphatic heterocycles. The van der Waals surface area contributed by atoms with Gasteiger partial charge in [0.1, 0.15) is 11.8 Å². The normalized spacial score (nSPS) is 25.0. The van der Waals surface area contributed by atoms with Crippen LogP contribution in [0.15, 0.2) is 12.7 Å². The molecule has 2 saturated heterocycles. The van der Waals surface area contributed by atoms with Gasteiger partial charge >= 0.3 is 0 Å². The van der Waals surface area contributed by atoms with Crippen molar-refractivity contribution in [3.05, 3.63) is 12.7 Å². The third kappa shape index (κ3) is 3.50. The summed E-state index contributed by atoms with van der Waals surface area (Å²) in [5.74, 6) is 1.41. The minimum Gasteiger partial charge on any atom is -0.355 e. The van der Waals surface area contributed by atoms with Crippen LogP contribution in [0, 0.1) is 5.92 Å². The molecule has 2 N–H and O–H groups in total. The van der Waals surface area contributed by atoms with Crippen LogP contribution in [0.1, 0.15) is 38.5 Å². The number of hydrogen-bond acceptors (Lipinski definition) is 6. The van der Waals surface area contributed by atoms with Crippen molar-refractivity contribution in [1.82, 2.24) is 30.2 Å². The van der Waals surface area contributed by atoms with E-state index in [4.69, 9.17) is 0 Å². The molecule has 1 amide bonds. The second-order valence-corrected chi connectivity index (χ2v) is 8.13. The van der Waals surface area contributed by atoms with Crippen molar-refractivity contribution in [2.24, 2.45) is 5.92 Å². The number of aromatic nitrogens is 4. The summed E-state index contributed by atoms with van der Waals surface area (Å²) in [6.07, 6.45) is 9.97. The maximum absolute atomic E-state index is 12.4. The highest BCUT2D eigenvalue weighted by atomic mass is 16.2. The average molecular weight is 369 g/mol. The molecule has 0 aromatic carbocycles. The number of carbonyl (C=O) groups is 1. The predicted octanol–water partition coefficient (Wildman–Crippen LogP) is 1.31. The van der Waals surface area contributed by atoms with Gasteiger partial charge in [-0.2, -0.15) is 0 Å². The van der Waals surface area contributed by atoms with Crippen LogP contribution in [-0.4, -0.2) is 69.0 Å². The molecule has 1 atom stereocenters. The standard InChI is InChI=1S/C19H27N7O/c27-19(24-14-3-4-14)13-2-1-7-26(10-13)15-5-8-25(9-6-15)18-16-17(21-11-20-16)22-12-23-18/h11-15H,1-10H2,(H,24,27)(H,20,21,22,23). The zero-order chi connectivity index (χ0) is 18.2. The first kappa shape index (κ1) is 16.9. The van der Waals surface area contributed by atoms with Crippen LogP contribution in [0.4, 0.5) is 5.82 Å². The van der Waals surface area contributed by atoms with E-state index in [0.717, 1.165) is 81.7 Å². The van der Waals surface area contributed by atoms with E-state index in [-0.39, 0.29) is 11.8 Å². The molecule has 8 nitrogen and oxygen atoms in total. The SMILES string of the molecule is O=C(NC1CC1)C1CCCN(C2CCN(c3ncnc4nc[nH]c34)CC2)C1. The molecular formula is C19H27N7O. The Kier molecular flexibility index (Phi) is 4.43. The Morgan fingerprint density at radius 2 is 1.93 bits per heavy atom. The van der Waals surface area contributed by atoms with Crippen LogP contribution < -0.4 is 10.2 Å². The van der Waals surface area contributed by atoms with Crippen molar-refractivity contribution < 1.29 is 4.79 Å². The fourth-order valence-electron chi connectivity index (χ4n) is 4.53. The number of aromatic amines is 1. The summed E-state index contributed by atoms with van der Waals surface area (Å²) < 4.78 is 0. The summed E-state index contributed by atoms with van der Waals surface area (Å²) in [7, 11) is 0. The number of fused-ring (bicyclic) bond motifs is 1. The molecule has 0 radical (unpaired) electrons. The Hall–Kier alpha value is -2.22. The van der Waals surface area contributed by atoms with Gasteiger partial charge in [0.15, 0.2) is 11.5 Å². The van der Waals surface area contributed by atoms with Crippen molar-refractivity contribution >= 4 is 22.9 Å². The molecule has 5 rings (SSSR count).